The number of pyridine rings is 2. The second kappa shape index (κ2) is 14.4. The smallest absolute Gasteiger partial charge is 0.332 e. The van der Waals surface area contributed by atoms with Gasteiger partial charge in [0.1, 0.15) is 11.5 Å². The summed E-state index contributed by atoms with van der Waals surface area (Å²) in [6.45, 7) is 9.02. The van der Waals surface area contributed by atoms with Gasteiger partial charge in [-0.15, -0.1) is 0 Å². The van der Waals surface area contributed by atoms with Gasteiger partial charge in [-0.05, 0) is 81.5 Å². The zero-order valence-electron chi connectivity index (χ0n) is 30.1. The highest BCUT2D eigenvalue weighted by Gasteiger charge is 2.29. The van der Waals surface area contributed by atoms with E-state index in [9.17, 15) is 19.2 Å². The van der Waals surface area contributed by atoms with Gasteiger partial charge in [-0.2, -0.15) is 4.98 Å². The number of anilines is 4. The maximum Gasteiger partial charge on any atom is 0.332 e. The van der Waals surface area contributed by atoms with Crippen LogP contribution in [-0.2, 0) is 0 Å². The SMILES string of the molecule is CC(=O)c1c(C)c2cnc(Nc3ccc(N4CCN(C5CCN(c6ccc(-n7ccc(=O)[nH]c7=O)cc6)CC5)CC4)cn3)nc2n(C2CCCC2)c1=O. The number of carbonyl (C=O) groups is 1. The number of nitrogens with zero attached hydrogens (tertiary/aromatic N) is 8. The largest absolute Gasteiger partial charge is 0.371 e. The number of aromatic amines is 1. The van der Waals surface area contributed by atoms with Gasteiger partial charge in [-0.1, -0.05) is 12.8 Å². The monoisotopic (exact) mass is 716 g/mol. The van der Waals surface area contributed by atoms with E-state index in [1.54, 1.807) is 17.7 Å². The highest BCUT2D eigenvalue weighted by atomic mass is 16.2. The predicted octanol–water partition coefficient (Wildman–Crippen LogP) is 4.19. The van der Waals surface area contributed by atoms with Crippen molar-refractivity contribution in [1.29, 1.82) is 0 Å². The van der Waals surface area contributed by atoms with Gasteiger partial charge in [0.15, 0.2) is 5.78 Å². The molecule has 6 heterocycles. The number of rotatable bonds is 8. The summed E-state index contributed by atoms with van der Waals surface area (Å²) in [5, 5.41) is 3.95. The summed E-state index contributed by atoms with van der Waals surface area (Å²) in [7, 11) is 0. The molecule has 0 spiro atoms. The third-order valence-electron chi connectivity index (χ3n) is 11.2. The predicted molar refractivity (Wildman–Crippen MR) is 205 cm³/mol. The number of piperazine rings is 1. The maximum absolute atomic E-state index is 13.6. The van der Waals surface area contributed by atoms with E-state index in [0.29, 0.717) is 29.0 Å². The lowest BCUT2D eigenvalue weighted by molar-refractivity contribution is 0.101. The van der Waals surface area contributed by atoms with E-state index in [0.717, 1.165) is 100 Å². The number of Topliss-reactive ketones (excluding diaryl/α,β-unsaturated/α-hetero) is 1. The molecule has 5 aromatic rings. The number of benzene rings is 1. The highest BCUT2D eigenvalue weighted by Crippen LogP contribution is 2.32. The molecule has 1 aromatic carbocycles. The summed E-state index contributed by atoms with van der Waals surface area (Å²) in [6, 6.07) is 13.8. The summed E-state index contributed by atoms with van der Waals surface area (Å²) in [5.41, 5.74) is 3.21. The van der Waals surface area contributed by atoms with E-state index in [2.05, 4.69) is 41.0 Å². The van der Waals surface area contributed by atoms with Crippen LogP contribution in [0, 0.1) is 6.92 Å². The molecule has 0 bridgehead atoms. The van der Waals surface area contributed by atoms with Gasteiger partial charge in [0.05, 0.1) is 23.1 Å². The molecule has 8 rings (SSSR count). The van der Waals surface area contributed by atoms with E-state index < -0.39 is 11.2 Å². The summed E-state index contributed by atoms with van der Waals surface area (Å²) < 4.78 is 3.16. The Kier molecular flexibility index (Phi) is 9.37. The molecule has 0 radical (unpaired) electrons. The number of hydrogen-bond acceptors (Lipinski definition) is 11. The van der Waals surface area contributed by atoms with Gasteiger partial charge in [0.25, 0.3) is 11.1 Å². The summed E-state index contributed by atoms with van der Waals surface area (Å²) in [5.74, 6) is 0.741. The Balaban J connectivity index is 0.868. The van der Waals surface area contributed by atoms with Gasteiger partial charge >= 0.3 is 5.69 Å². The van der Waals surface area contributed by atoms with Crippen molar-refractivity contribution in [1.82, 2.24) is 34.0 Å². The first-order valence-corrected chi connectivity index (χ1v) is 18.6. The molecule has 2 N–H and O–H groups in total. The van der Waals surface area contributed by atoms with E-state index >= 15 is 0 Å². The minimum atomic E-state index is -0.445. The molecule has 14 nitrogen and oxygen atoms in total. The van der Waals surface area contributed by atoms with Crippen LogP contribution in [0.2, 0.25) is 0 Å². The second-order valence-electron chi connectivity index (χ2n) is 14.4. The van der Waals surface area contributed by atoms with Gasteiger partial charge < -0.3 is 15.1 Å². The minimum Gasteiger partial charge on any atom is -0.371 e. The standard InChI is InChI=1S/C39H44N10O4/c1-25-32-24-41-38(44-36(32)49(30-5-3-4-6-30)37(52)35(25)26(2)50)42-33-12-11-31(23-40-33)47-21-19-46(20-22-47)28-13-16-45(17-14-28)27-7-9-29(10-8-27)48-18-15-34(51)43-39(48)53/h7-12,15,18,23-24,28,30H,3-6,13-14,16-17,19-22H2,1-2H3,(H,43,51,53)(H,40,41,42,44). The fourth-order valence-corrected chi connectivity index (χ4v) is 8.35. The Morgan fingerprint density at radius 3 is 2.11 bits per heavy atom. The normalized spacial score (nSPS) is 17.5. The van der Waals surface area contributed by atoms with E-state index in [4.69, 9.17) is 4.98 Å². The van der Waals surface area contributed by atoms with Crippen molar-refractivity contribution in [2.75, 3.05) is 54.4 Å². The summed E-state index contributed by atoms with van der Waals surface area (Å²) in [4.78, 5) is 73.3. The number of aryl methyl sites for hydroxylation is 1. The molecule has 0 atom stereocenters. The zero-order valence-corrected chi connectivity index (χ0v) is 30.1. The van der Waals surface area contributed by atoms with Crippen LogP contribution in [-0.4, -0.2) is 85.1 Å². The van der Waals surface area contributed by atoms with Gasteiger partial charge in [-0.25, -0.2) is 14.8 Å². The average Bonchev–Trinajstić information content (AvgIpc) is 3.70. The molecule has 53 heavy (non-hydrogen) atoms. The van der Waals surface area contributed by atoms with Crippen LogP contribution < -0.4 is 31.9 Å². The molecule has 4 aromatic heterocycles. The van der Waals surface area contributed by atoms with Gasteiger partial charge in [0, 0.05) is 80.9 Å². The van der Waals surface area contributed by atoms with Crippen LogP contribution in [0.5, 0.6) is 0 Å². The number of piperidine rings is 1. The van der Waals surface area contributed by atoms with Gasteiger partial charge in [-0.3, -0.25) is 33.4 Å². The van der Waals surface area contributed by atoms with E-state index in [-0.39, 0.29) is 22.9 Å². The summed E-state index contributed by atoms with van der Waals surface area (Å²) >= 11 is 0. The first-order valence-electron chi connectivity index (χ1n) is 18.6. The Hall–Kier alpha value is -5.63. The first kappa shape index (κ1) is 34.5. The molecule has 0 amide bonds. The number of fused-ring (bicyclic) bond motifs is 1. The molecule has 3 aliphatic rings. The fourth-order valence-electron chi connectivity index (χ4n) is 8.35. The lowest BCUT2D eigenvalue weighted by atomic mass is 10.0. The van der Waals surface area contributed by atoms with Crippen LogP contribution in [0.25, 0.3) is 16.7 Å². The lowest BCUT2D eigenvalue weighted by Crippen LogP contribution is -2.53. The fraction of sp³-hybridized carbons (Fsp3) is 0.410. The van der Waals surface area contributed by atoms with Crippen molar-refractivity contribution in [2.24, 2.45) is 0 Å². The number of ketones is 1. The van der Waals surface area contributed by atoms with Crippen LogP contribution >= 0.6 is 0 Å². The van der Waals surface area contributed by atoms with Crippen molar-refractivity contribution in [3.8, 4) is 5.69 Å². The molecular weight excluding hydrogens is 672 g/mol. The summed E-state index contributed by atoms with van der Waals surface area (Å²) in [6.07, 6.45) is 11.1. The molecule has 3 fully saturated rings. The van der Waals surface area contributed by atoms with Gasteiger partial charge in [0.2, 0.25) is 5.95 Å². The molecule has 2 aliphatic heterocycles. The van der Waals surface area contributed by atoms with E-state index in [1.807, 2.05) is 36.5 Å². The van der Waals surface area contributed by atoms with Crippen molar-refractivity contribution in [2.45, 2.75) is 64.5 Å². The van der Waals surface area contributed by atoms with E-state index in [1.165, 1.54) is 23.8 Å². The molecule has 274 valence electrons. The van der Waals surface area contributed by atoms with Crippen molar-refractivity contribution in [3.63, 3.8) is 0 Å². The Labute approximate surface area is 306 Å². The van der Waals surface area contributed by atoms with Crippen LogP contribution in [0.1, 0.15) is 67.4 Å². The molecule has 1 aliphatic carbocycles. The molecular formula is C39H44N10O4. The highest BCUT2D eigenvalue weighted by molar-refractivity contribution is 5.99. The average molecular weight is 717 g/mol. The number of aromatic nitrogens is 6. The van der Waals surface area contributed by atoms with Crippen LogP contribution in [0.3, 0.4) is 0 Å². The third-order valence-corrected chi connectivity index (χ3v) is 11.2. The molecule has 1 saturated carbocycles. The molecule has 0 unspecified atom stereocenters. The third kappa shape index (κ3) is 6.86. The number of carbonyl (C=O) groups excluding carboxylic acids is 1. The van der Waals surface area contributed by atoms with Crippen LogP contribution in [0.4, 0.5) is 23.1 Å². The Bertz CT molecular complexity index is 2310. The zero-order chi connectivity index (χ0) is 36.6. The number of H-pyrrole nitrogens is 1. The van der Waals surface area contributed by atoms with Crippen molar-refractivity contribution < 1.29 is 4.79 Å². The quantitative estimate of drug-likeness (QED) is 0.222. The molecule has 14 heteroatoms. The minimum absolute atomic E-state index is 0.0204. The number of nitrogens with one attached hydrogen (secondary N) is 2. The Morgan fingerprint density at radius 1 is 0.774 bits per heavy atom. The van der Waals surface area contributed by atoms with Crippen LogP contribution in [0.15, 0.2) is 75.4 Å². The lowest BCUT2D eigenvalue weighted by Gasteiger charge is -2.43. The topological polar surface area (TPSA) is 154 Å². The second-order valence-corrected chi connectivity index (χ2v) is 14.4. The number of hydrogen-bond donors (Lipinski definition) is 2. The first-order chi connectivity index (χ1) is 25.7. The van der Waals surface area contributed by atoms with Crippen molar-refractivity contribution >= 4 is 40.0 Å². The van der Waals surface area contributed by atoms with Crippen molar-refractivity contribution in [3.05, 3.63) is 103 Å². The molecule has 2 saturated heterocycles. The Morgan fingerprint density at radius 2 is 1.45 bits per heavy atom. The maximum atomic E-state index is 13.6.